The Morgan fingerprint density at radius 3 is 2.34 bits per heavy atom. The number of nitrogens with zero attached hydrogens (tertiary/aromatic N) is 4. The smallest absolute Gasteiger partial charge is 0.353 e. The first-order valence-corrected chi connectivity index (χ1v) is 9.43. The van der Waals surface area contributed by atoms with Gasteiger partial charge in [-0.05, 0) is 24.0 Å². The molecular formula is C20H27N5O4. The molecule has 0 radical (unpaired) electrons. The normalized spacial score (nSPS) is 10.9. The molecule has 1 aromatic heterocycles. The van der Waals surface area contributed by atoms with Crippen LogP contribution in [-0.2, 0) is 4.74 Å². The summed E-state index contributed by atoms with van der Waals surface area (Å²) in [5, 5.41) is 14.9. The third-order valence-electron chi connectivity index (χ3n) is 4.04. The summed E-state index contributed by atoms with van der Waals surface area (Å²) in [6, 6.07) is 6.61. The molecule has 1 aromatic carbocycles. The van der Waals surface area contributed by atoms with Crippen LogP contribution in [0.15, 0.2) is 30.6 Å². The predicted molar refractivity (Wildman–Crippen MR) is 112 cm³/mol. The average molecular weight is 401 g/mol. The van der Waals surface area contributed by atoms with Crippen LogP contribution in [0.3, 0.4) is 0 Å². The van der Waals surface area contributed by atoms with Crippen LogP contribution in [0.5, 0.6) is 0 Å². The molecule has 0 aliphatic heterocycles. The molecule has 0 fully saturated rings. The van der Waals surface area contributed by atoms with Crippen LogP contribution in [0.25, 0.3) is 0 Å². The largest absolute Gasteiger partial charge is 0.465 e. The highest BCUT2D eigenvalue weighted by molar-refractivity contribution is 5.96. The van der Waals surface area contributed by atoms with E-state index in [1.54, 1.807) is 24.3 Å². The van der Waals surface area contributed by atoms with Gasteiger partial charge < -0.3 is 15.0 Å². The standard InChI is InChI=1S/C20H27N5O4/c1-13(2)10-24(11-14(3)4)19-17(25(27)28)18(21-12-22-19)23-16-9-7-6-8-15(16)20(26)29-5/h6-9,12-14H,10-11H2,1-5H3,(H,21,22,23). The summed E-state index contributed by atoms with van der Waals surface area (Å²) in [5.41, 5.74) is 0.394. The Labute approximate surface area is 170 Å². The van der Waals surface area contributed by atoms with Gasteiger partial charge in [-0.1, -0.05) is 39.8 Å². The van der Waals surface area contributed by atoms with Crippen LogP contribution in [0, 0.1) is 22.0 Å². The fourth-order valence-corrected chi connectivity index (χ4v) is 3.00. The number of aromatic nitrogens is 2. The molecule has 0 aliphatic rings. The van der Waals surface area contributed by atoms with Crippen molar-refractivity contribution >= 4 is 29.0 Å². The molecule has 0 unspecified atom stereocenters. The lowest BCUT2D eigenvalue weighted by atomic mass is 10.1. The third kappa shape index (κ3) is 5.63. The zero-order valence-corrected chi connectivity index (χ0v) is 17.4. The molecule has 29 heavy (non-hydrogen) atoms. The molecule has 2 aromatic rings. The second-order valence-corrected chi connectivity index (χ2v) is 7.51. The molecule has 0 saturated carbocycles. The van der Waals surface area contributed by atoms with Crippen molar-refractivity contribution in [2.24, 2.45) is 11.8 Å². The first-order valence-electron chi connectivity index (χ1n) is 9.43. The molecule has 0 bridgehead atoms. The van der Waals surface area contributed by atoms with Gasteiger partial charge in [0.25, 0.3) is 0 Å². The maximum absolute atomic E-state index is 12.0. The summed E-state index contributed by atoms with van der Waals surface area (Å²) < 4.78 is 4.79. The summed E-state index contributed by atoms with van der Waals surface area (Å²) in [6.45, 7) is 9.43. The molecule has 1 N–H and O–H groups in total. The van der Waals surface area contributed by atoms with Crippen LogP contribution in [0.2, 0.25) is 0 Å². The van der Waals surface area contributed by atoms with Gasteiger partial charge in [0.05, 0.1) is 23.3 Å². The second-order valence-electron chi connectivity index (χ2n) is 7.51. The number of carbonyl (C=O) groups excluding carboxylic acids is 1. The number of nitrogens with one attached hydrogen (secondary N) is 1. The zero-order valence-electron chi connectivity index (χ0n) is 17.4. The summed E-state index contributed by atoms with van der Waals surface area (Å²) in [4.78, 5) is 33.7. The molecule has 0 spiro atoms. The minimum Gasteiger partial charge on any atom is -0.465 e. The summed E-state index contributed by atoms with van der Waals surface area (Å²) in [6.07, 6.45) is 1.29. The van der Waals surface area contributed by atoms with Gasteiger partial charge in [0.1, 0.15) is 6.33 Å². The van der Waals surface area contributed by atoms with Gasteiger partial charge in [-0.25, -0.2) is 14.8 Å². The molecule has 9 heteroatoms. The summed E-state index contributed by atoms with van der Waals surface area (Å²) in [5.74, 6) is 0.310. The fourth-order valence-electron chi connectivity index (χ4n) is 3.00. The third-order valence-corrected chi connectivity index (χ3v) is 4.04. The number of benzene rings is 1. The number of esters is 1. The number of nitro groups is 1. The lowest BCUT2D eigenvalue weighted by Crippen LogP contribution is -2.32. The number of hydrogen-bond donors (Lipinski definition) is 1. The van der Waals surface area contributed by atoms with Crippen molar-refractivity contribution in [2.45, 2.75) is 27.7 Å². The zero-order chi connectivity index (χ0) is 21.6. The monoisotopic (exact) mass is 401 g/mol. The minimum absolute atomic E-state index is 0.0221. The quantitative estimate of drug-likeness (QED) is 0.381. The number of ether oxygens (including phenoxy) is 1. The molecular weight excluding hydrogens is 374 g/mol. The Hall–Kier alpha value is -3.23. The maximum atomic E-state index is 12.0. The number of anilines is 3. The molecule has 0 amide bonds. The van der Waals surface area contributed by atoms with Crippen molar-refractivity contribution in [3.8, 4) is 0 Å². The van der Waals surface area contributed by atoms with Crippen LogP contribution in [0.1, 0.15) is 38.1 Å². The van der Waals surface area contributed by atoms with Gasteiger partial charge in [0.2, 0.25) is 11.6 Å². The van der Waals surface area contributed by atoms with Crippen LogP contribution < -0.4 is 10.2 Å². The molecule has 2 rings (SSSR count). The molecule has 0 atom stereocenters. The minimum atomic E-state index is -0.550. The maximum Gasteiger partial charge on any atom is 0.353 e. The van der Waals surface area contributed by atoms with Crippen molar-refractivity contribution < 1.29 is 14.5 Å². The van der Waals surface area contributed by atoms with Crippen molar-refractivity contribution in [1.82, 2.24) is 9.97 Å². The second kappa shape index (κ2) is 9.81. The van der Waals surface area contributed by atoms with E-state index in [1.807, 2.05) is 32.6 Å². The number of para-hydroxylation sites is 1. The Bertz CT molecular complexity index is 860. The van der Waals surface area contributed by atoms with Gasteiger partial charge in [-0.2, -0.15) is 0 Å². The molecule has 9 nitrogen and oxygen atoms in total. The Morgan fingerprint density at radius 1 is 1.17 bits per heavy atom. The van der Waals surface area contributed by atoms with Crippen molar-refractivity contribution in [3.05, 3.63) is 46.3 Å². The molecule has 1 heterocycles. The first kappa shape index (κ1) is 22.1. The highest BCUT2D eigenvalue weighted by Gasteiger charge is 2.28. The summed E-state index contributed by atoms with van der Waals surface area (Å²) >= 11 is 0. The predicted octanol–water partition coefficient (Wildman–Crippen LogP) is 4.03. The Morgan fingerprint density at radius 2 is 1.79 bits per heavy atom. The van der Waals surface area contributed by atoms with Crippen LogP contribution in [0.4, 0.5) is 23.0 Å². The van der Waals surface area contributed by atoms with E-state index in [1.165, 1.54) is 13.4 Å². The summed E-state index contributed by atoms with van der Waals surface area (Å²) in [7, 11) is 1.28. The van der Waals surface area contributed by atoms with Gasteiger partial charge in [-0.3, -0.25) is 10.1 Å². The van der Waals surface area contributed by atoms with Crippen molar-refractivity contribution in [2.75, 3.05) is 30.4 Å². The van der Waals surface area contributed by atoms with Gasteiger partial charge in [0, 0.05) is 13.1 Å². The lowest BCUT2D eigenvalue weighted by Gasteiger charge is -2.27. The van der Waals surface area contributed by atoms with E-state index in [9.17, 15) is 14.9 Å². The van der Waals surface area contributed by atoms with E-state index in [2.05, 4.69) is 15.3 Å². The van der Waals surface area contributed by atoms with E-state index in [-0.39, 0.29) is 22.9 Å². The topological polar surface area (TPSA) is 110 Å². The van der Waals surface area contributed by atoms with Gasteiger partial charge in [-0.15, -0.1) is 0 Å². The molecule has 156 valence electrons. The van der Waals surface area contributed by atoms with Crippen molar-refractivity contribution in [3.63, 3.8) is 0 Å². The Kier molecular flexibility index (Phi) is 7.46. The molecule has 0 saturated heterocycles. The van der Waals surface area contributed by atoms with E-state index in [0.717, 1.165) is 0 Å². The van der Waals surface area contributed by atoms with E-state index < -0.39 is 10.9 Å². The molecule has 0 aliphatic carbocycles. The van der Waals surface area contributed by atoms with Gasteiger partial charge in [0.15, 0.2) is 0 Å². The fraction of sp³-hybridized carbons (Fsp3) is 0.450. The van der Waals surface area contributed by atoms with Crippen LogP contribution >= 0.6 is 0 Å². The van der Waals surface area contributed by atoms with Gasteiger partial charge >= 0.3 is 11.7 Å². The SMILES string of the molecule is COC(=O)c1ccccc1Nc1ncnc(N(CC(C)C)CC(C)C)c1[N+](=O)[O-]. The Balaban J connectivity index is 2.54. The number of hydrogen-bond acceptors (Lipinski definition) is 8. The average Bonchev–Trinajstić information content (AvgIpc) is 2.66. The van der Waals surface area contributed by atoms with E-state index >= 15 is 0 Å². The highest BCUT2D eigenvalue weighted by atomic mass is 16.6. The highest BCUT2D eigenvalue weighted by Crippen LogP contribution is 2.35. The van der Waals surface area contributed by atoms with Crippen LogP contribution in [-0.4, -0.2) is 41.1 Å². The number of rotatable bonds is 9. The van der Waals surface area contributed by atoms with E-state index in [4.69, 9.17) is 4.74 Å². The number of carbonyl (C=O) groups is 1. The van der Waals surface area contributed by atoms with Crippen molar-refractivity contribution in [1.29, 1.82) is 0 Å². The first-order chi connectivity index (χ1) is 13.7. The lowest BCUT2D eigenvalue weighted by molar-refractivity contribution is -0.383. The van der Waals surface area contributed by atoms with E-state index in [0.29, 0.717) is 30.6 Å². The number of methoxy groups -OCH3 is 1.